The van der Waals surface area contributed by atoms with Crippen LogP contribution in [0.4, 0.5) is 5.69 Å². The third kappa shape index (κ3) is 2.72. The van der Waals surface area contributed by atoms with Gasteiger partial charge in [0.15, 0.2) is 0 Å². The first-order valence-corrected chi connectivity index (χ1v) is 7.90. The zero-order valence-electron chi connectivity index (χ0n) is 11.5. The summed E-state index contributed by atoms with van der Waals surface area (Å²) >= 11 is 12.3. The Bertz CT molecular complexity index is 604. The number of piperidine rings is 1. The summed E-state index contributed by atoms with van der Waals surface area (Å²) in [5.74, 6) is 0.635. The Morgan fingerprint density at radius 1 is 1.25 bits per heavy atom. The number of rotatable bonds is 2. The summed E-state index contributed by atoms with van der Waals surface area (Å²) in [4.78, 5) is 6.85. The van der Waals surface area contributed by atoms with Gasteiger partial charge in [-0.15, -0.1) is 11.6 Å². The van der Waals surface area contributed by atoms with E-state index in [9.17, 15) is 0 Å². The minimum atomic E-state index is 0.269. The van der Waals surface area contributed by atoms with Crippen LogP contribution in [-0.4, -0.2) is 23.5 Å². The molecule has 2 aromatic rings. The van der Waals surface area contributed by atoms with Gasteiger partial charge in [0.25, 0.3) is 0 Å². The largest absolute Gasteiger partial charge is 0.371 e. The highest BCUT2D eigenvalue weighted by molar-refractivity contribution is 6.31. The van der Waals surface area contributed by atoms with Crippen molar-refractivity contribution >= 4 is 39.8 Å². The Balaban J connectivity index is 1.88. The lowest BCUT2D eigenvalue weighted by molar-refractivity contribution is 0.400. The Kier molecular flexibility index (Phi) is 4.04. The number of anilines is 1. The van der Waals surface area contributed by atoms with Gasteiger partial charge in [-0.2, -0.15) is 0 Å². The van der Waals surface area contributed by atoms with Gasteiger partial charge in [0, 0.05) is 40.8 Å². The van der Waals surface area contributed by atoms with Crippen LogP contribution in [-0.2, 0) is 0 Å². The minimum Gasteiger partial charge on any atom is -0.371 e. The van der Waals surface area contributed by atoms with Gasteiger partial charge in [-0.05, 0) is 49.9 Å². The molecule has 0 N–H and O–H groups in total. The fraction of sp³-hybridized carbons (Fsp3) is 0.438. The second-order valence-electron chi connectivity index (χ2n) is 5.49. The van der Waals surface area contributed by atoms with Crippen LogP contribution in [0.3, 0.4) is 0 Å². The molecule has 1 unspecified atom stereocenters. The molecule has 0 radical (unpaired) electrons. The number of hydrogen-bond acceptors (Lipinski definition) is 2. The van der Waals surface area contributed by atoms with Gasteiger partial charge in [0.05, 0.1) is 5.52 Å². The van der Waals surface area contributed by atoms with Crippen molar-refractivity contribution in [2.45, 2.75) is 25.1 Å². The molecule has 0 aliphatic carbocycles. The Hall–Kier alpha value is -0.990. The van der Waals surface area contributed by atoms with Gasteiger partial charge in [-0.3, -0.25) is 4.98 Å². The van der Waals surface area contributed by atoms with Crippen LogP contribution < -0.4 is 4.90 Å². The Labute approximate surface area is 129 Å². The van der Waals surface area contributed by atoms with Crippen LogP contribution in [0.1, 0.15) is 19.8 Å². The lowest BCUT2D eigenvalue weighted by Crippen LogP contribution is -2.36. The summed E-state index contributed by atoms with van der Waals surface area (Å²) in [5.41, 5.74) is 2.22. The maximum absolute atomic E-state index is 6.22. The number of halogens is 2. The van der Waals surface area contributed by atoms with Gasteiger partial charge < -0.3 is 4.90 Å². The van der Waals surface area contributed by atoms with E-state index in [1.165, 1.54) is 11.1 Å². The van der Waals surface area contributed by atoms with E-state index in [1.54, 1.807) is 0 Å². The lowest BCUT2D eigenvalue weighted by Gasteiger charge is -2.35. The summed E-state index contributed by atoms with van der Waals surface area (Å²) < 4.78 is 0. The van der Waals surface area contributed by atoms with E-state index in [2.05, 4.69) is 28.9 Å². The molecule has 1 aliphatic heterocycles. The van der Waals surface area contributed by atoms with Gasteiger partial charge >= 0.3 is 0 Å². The normalized spacial score (nSPS) is 18.4. The summed E-state index contributed by atoms with van der Waals surface area (Å²) in [7, 11) is 0. The van der Waals surface area contributed by atoms with Crippen LogP contribution in [0.5, 0.6) is 0 Å². The van der Waals surface area contributed by atoms with Gasteiger partial charge in [-0.25, -0.2) is 0 Å². The molecular weight excluding hydrogens is 291 g/mol. The summed E-state index contributed by atoms with van der Waals surface area (Å²) in [5, 5.41) is 2.18. The van der Waals surface area contributed by atoms with Gasteiger partial charge in [0.2, 0.25) is 0 Å². The molecule has 0 amide bonds. The number of fused-ring (bicyclic) bond motifs is 1. The first-order valence-electron chi connectivity index (χ1n) is 7.08. The Morgan fingerprint density at radius 2 is 2.00 bits per heavy atom. The van der Waals surface area contributed by atoms with Gasteiger partial charge in [0.1, 0.15) is 0 Å². The number of nitrogens with zero attached hydrogens (tertiary/aromatic N) is 2. The molecule has 1 atom stereocenters. The van der Waals surface area contributed by atoms with Crippen molar-refractivity contribution in [3.63, 3.8) is 0 Å². The van der Waals surface area contributed by atoms with E-state index in [-0.39, 0.29) is 5.38 Å². The SMILES string of the molecule is CC(Cl)C1CCN(c2ccnc3cc(Cl)ccc23)CC1. The van der Waals surface area contributed by atoms with Crippen molar-refractivity contribution in [2.75, 3.05) is 18.0 Å². The predicted octanol–water partition coefficient (Wildman–Crippen LogP) is 4.73. The molecule has 1 saturated heterocycles. The van der Waals surface area contributed by atoms with Crippen molar-refractivity contribution < 1.29 is 0 Å². The second-order valence-corrected chi connectivity index (χ2v) is 6.62. The summed E-state index contributed by atoms with van der Waals surface area (Å²) in [6, 6.07) is 8.02. The van der Waals surface area contributed by atoms with E-state index >= 15 is 0 Å². The molecule has 3 rings (SSSR count). The van der Waals surface area contributed by atoms with E-state index < -0.39 is 0 Å². The monoisotopic (exact) mass is 308 g/mol. The fourth-order valence-corrected chi connectivity index (χ4v) is 3.40. The van der Waals surface area contributed by atoms with E-state index in [4.69, 9.17) is 23.2 Å². The van der Waals surface area contributed by atoms with E-state index in [0.717, 1.165) is 36.5 Å². The number of alkyl halides is 1. The second kappa shape index (κ2) is 5.79. The maximum atomic E-state index is 6.22. The zero-order chi connectivity index (χ0) is 14.1. The van der Waals surface area contributed by atoms with E-state index in [1.807, 2.05) is 18.3 Å². The molecule has 1 aromatic carbocycles. The minimum absolute atomic E-state index is 0.269. The number of hydrogen-bond donors (Lipinski definition) is 0. The average molecular weight is 309 g/mol. The molecule has 20 heavy (non-hydrogen) atoms. The highest BCUT2D eigenvalue weighted by Gasteiger charge is 2.23. The molecule has 1 aliphatic rings. The smallest absolute Gasteiger partial charge is 0.0737 e. The molecule has 106 valence electrons. The lowest BCUT2D eigenvalue weighted by atomic mass is 9.93. The highest BCUT2D eigenvalue weighted by Crippen LogP contribution is 2.32. The summed E-state index contributed by atoms with van der Waals surface area (Å²) in [6.45, 7) is 4.22. The van der Waals surface area contributed by atoms with Crippen LogP contribution in [0.25, 0.3) is 10.9 Å². The van der Waals surface area contributed by atoms with Crippen molar-refractivity contribution in [2.24, 2.45) is 5.92 Å². The molecule has 2 heterocycles. The third-order valence-electron chi connectivity index (χ3n) is 4.21. The van der Waals surface area contributed by atoms with Crippen LogP contribution in [0.2, 0.25) is 5.02 Å². The molecule has 2 nitrogen and oxygen atoms in total. The van der Waals surface area contributed by atoms with Crippen molar-refractivity contribution in [1.82, 2.24) is 4.98 Å². The Morgan fingerprint density at radius 3 is 2.70 bits per heavy atom. The molecule has 0 spiro atoms. The van der Waals surface area contributed by atoms with Crippen molar-refractivity contribution in [3.05, 3.63) is 35.5 Å². The molecule has 0 saturated carbocycles. The third-order valence-corrected chi connectivity index (χ3v) is 4.80. The zero-order valence-corrected chi connectivity index (χ0v) is 13.0. The van der Waals surface area contributed by atoms with Gasteiger partial charge in [-0.1, -0.05) is 11.6 Å². The molecule has 4 heteroatoms. The highest BCUT2D eigenvalue weighted by atomic mass is 35.5. The molecule has 0 bridgehead atoms. The maximum Gasteiger partial charge on any atom is 0.0737 e. The first kappa shape index (κ1) is 14.0. The molecule has 1 fully saturated rings. The van der Waals surface area contributed by atoms with Crippen molar-refractivity contribution in [1.29, 1.82) is 0 Å². The number of pyridine rings is 1. The van der Waals surface area contributed by atoms with Crippen LogP contribution in [0, 0.1) is 5.92 Å². The standard InChI is InChI=1S/C16H18Cl2N2/c1-11(17)12-5-8-20(9-6-12)16-4-7-19-15-10-13(18)2-3-14(15)16/h2-4,7,10-12H,5-6,8-9H2,1H3. The topological polar surface area (TPSA) is 16.1 Å². The summed E-state index contributed by atoms with van der Waals surface area (Å²) in [6.07, 6.45) is 4.18. The van der Waals surface area contributed by atoms with Crippen LogP contribution >= 0.6 is 23.2 Å². The fourth-order valence-electron chi connectivity index (χ4n) is 2.98. The predicted molar refractivity (Wildman–Crippen MR) is 87.0 cm³/mol. The number of aromatic nitrogens is 1. The van der Waals surface area contributed by atoms with Crippen molar-refractivity contribution in [3.8, 4) is 0 Å². The molecular formula is C16H18Cl2N2. The van der Waals surface area contributed by atoms with Crippen LogP contribution in [0.15, 0.2) is 30.5 Å². The first-order chi connectivity index (χ1) is 9.65. The number of benzene rings is 1. The molecule has 1 aromatic heterocycles. The quantitative estimate of drug-likeness (QED) is 0.745. The average Bonchev–Trinajstić information content (AvgIpc) is 2.46. The van der Waals surface area contributed by atoms with E-state index in [0.29, 0.717) is 5.92 Å².